The number of pyridine rings is 1. The fourth-order valence-electron chi connectivity index (χ4n) is 2.16. The molecule has 3 aromatic rings. The van der Waals surface area contributed by atoms with E-state index in [1.807, 2.05) is 49.4 Å². The van der Waals surface area contributed by atoms with Crippen LogP contribution >= 0.6 is 0 Å². The highest BCUT2D eigenvalue weighted by Gasteiger charge is 2.17. The predicted molar refractivity (Wildman–Crippen MR) is 79.3 cm³/mol. The molecule has 21 heavy (non-hydrogen) atoms. The third-order valence-corrected chi connectivity index (χ3v) is 3.28. The first kappa shape index (κ1) is 13.5. The summed E-state index contributed by atoms with van der Waals surface area (Å²) < 4.78 is 5.28. The molecule has 2 heterocycles. The van der Waals surface area contributed by atoms with Gasteiger partial charge in [-0.1, -0.05) is 41.6 Å². The highest BCUT2D eigenvalue weighted by molar-refractivity contribution is 5.53. The monoisotopic (exact) mass is 280 g/mol. The molecule has 2 aromatic heterocycles. The van der Waals surface area contributed by atoms with E-state index in [1.165, 1.54) is 0 Å². The first-order valence-electron chi connectivity index (χ1n) is 6.79. The zero-order chi connectivity index (χ0) is 14.7. The van der Waals surface area contributed by atoms with Gasteiger partial charge in [0.05, 0.1) is 6.04 Å². The minimum atomic E-state index is -0.322. The molecule has 0 saturated heterocycles. The van der Waals surface area contributed by atoms with E-state index < -0.39 is 0 Å². The van der Waals surface area contributed by atoms with Crippen LogP contribution in [0.1, 0.15) is 23.1 Å². The van der Waals surface area contributed by atoms with Crippen LogP contribution < -0.4 is 5.73 Å². The number of aromatic nitrogens is 3. The highest BCUT2D eigenvalue weighted by Crippen LogP contribution is 2.20. The maximum absolute atomic E-state index is 6.14. The molecule has 0 bridgehead atoms. The van der Waals surface area contributed by atoms with Crippen LogP contribution in [0.5, 0.6) is 0 Å². The Morgan fingerprint density at radius 2 is 1.95 bits per heavy atom. The maximum Gasteiger partial charge on any atom is 0.244 e. The van der Waals surface area contributed by atoms with Crippen molar-refractivity contribution >= 4 is 0 Å². The van der Waals surface area contributed by atoms with E-state index in [2.05, 4.69) is 15.1 Å². The lowest BCUT2D eigenvalue weighted by Gasteiger charge is -2.06. The van der Waals surface area contributed by atoms with Gasteiger partial charge in [-0.3, -0.25) is 4.98 Å². The van der Waals surface area contributed by atoms with Gasteiger partial charge in [0, 0.05) is 6.20 Å². The Morgan fingerprint density at radius 1 is 1.14 bits per heavy atom. The van der Waals surface area contributed by atoms with Crippen molar-refractivity contribution in [2.24, 2.45) is 5.73 Å². The van der Waals surface area contributed by atoms with Gasteiger partial charge in [0.15, 0.2) is 0 Å². The molecule has 0 saturated carbocycles. The summed E-state index contributed by atoms with van der Waals surface area (Å²) >= 11 is 0. The molecule has 5 nitrogen and oxygen atoms in total. The van der Waals surface area contributed by atoms with Gasteiger partial charge in [-0.2, -0.15) is 4.98 Å². The number of benzene rings is 1. The lowest BCUT2D eigenvalue weighted by Crippen LogP contribution is -2.13. The van der Waals surface area contributed by atoms with Crippen LogP contribution in [-0.4, -0.2) is 15.1 Å². The number of nitrogens with zero attached hydrogens (tertiary/aromatic N) is 3. The van der Waals surface area contributed by atoms with Crippen LogP contribution in [0, 0.1) is 6.92 Å². The first-order valence-corrected chi connectivity index (χ1v) is 6.79. The molecule has 2 N–H and O–H groups in total. The van der Waals surface area contributed by atoms with E-state index in [1.54, 1.807) is 6.20 Å². The van der Waals surface area contributed by atoms with Gasteiger partial charge in [-0.25, -0.2) is 0 Å². The van der Waals surface area contributed by atoms with Gasteiger partial charge >= 0.3 is 0 Å². The van der Waals surface area contributed by atoms with E-state index in [0.717, 1.165) is 16.8 Å². The smallest absolute Gasteiger partial charge is 0.244 e. The molecular formula is C16H16N4O. The summed E-state index contributed by atoms with van der Waals surface area (Å²) in [6.45, 7) is 1.96. The lowest BCUT2D eigenvalue weighted by atomic mass is 10.1. The molecule has 106 valence electrons. The van der Waals surface area contributed by atoms with Crippen molar-refractivity contribution in [3.63, 3.8) is 0 Å². The lowest BCUT2D eigenvalue weighted by molar-refractivity contribution is 0.354. The summed E-state index contributed by atoms with van der Waals surface area (Å²) in [7, 11) is 0. The average molecular weight is 280 g/mol. The number of hydrogen-bond donors (Lipinski definition) is 1. The number of hydrogen-bond acceptors (Lipinski definition) is 5. The van der Waals surface area contributed by atoms with Crippen LogP contribution in [0.15, 0.2) is 53.2 Å². The largest absolute Gasteiger partial charge is 0.337 e. The number of aryl methyl sites for hydroxylation is 1. The summed E-state index contributed by atoms with van der Waals surface area (Å²) in [6.07, 6.45) is 2.37. The van der Waals surface area contributed by atoms with Crippen molar-refractivity contribution < 1.29 is 4.52 Å². The van der Waals surface area contributed by atoms with Gasteiger partial charge in [0.1, 0.15) is 5.69 Å². The van der Waals surface area contributed by atoms with Crippen molar-refractivity contribution in [3.8, 4) is 11.5 Å². The topological polar surface area (TPSA) is 77.8 Å². The van der Waals surface area contributed by atoms with Crippen LogP contribution in [0.25, 0.3) is 11.5 Å². The Bertz CT molecular complexity index is 724. The third-order valence-electron chi connectivity index (χ3n) is 3.28. The van der Waals surface area contributed by atoms with E-state index in [9.17, 15) is 0 Å². The van der Waals surface area contributed by atoms with Crippen molar-refractivity contribution in [2.75, 3.05) is 0 Å². The minimum absolute atomic E-state index is 0.322. The standard InChI is InChI=1S/C16H16N4O/c1-11-6-5-9-18-14(11)15-19-16(21-20-15)13(17)10-12-7-3-2-4-8-12/h2-9,13H,10,17H2,1H3/t13-/m1/s1. The van der Waals surface area contributed by atoms with Gasteiger partial charge in [0.25, 0.3) is 0 Å². The van der Waals surface area contributed by atoms with E-state index >= 15 is 0 Å². The molecule has 0 fully saturated rings. The summed E-state index contributed by atoms with van der Waals surface area (Å²) in [5, 5.41) is 3.98. The summed E-state index contributed by atoms with van der Waals surface area (Å²) in [4.78, 5) is 8.65. The minimum Gasteiger partial charge on any atom is -0.337 e. The van der Waals surface area contributed by atoms with Crippen molar-refractivity contribution in [2.45, 2.75) is 19.4 Å². The second-order valence-corrected chi connectivity index (χ2v) is 4.92. The first-order chi connectivity index (χ1) is 10.2. The summed E-state index contributed by atoms with van der Waals surface area (Å²) in [5.74, 6) is 0.908. The highest BCUT2D eigenvalue weighted by atomic mass is 16.5. The normalized spacial score (nSPS) is 12.3. The van der Waals surface area contributed by atoms with Gasteiger partial charge < -0.3 is 10.3 Å². The van der Waals surface area contributed by atoms with Crippen molar-refractivity contribution in [1.82, 2.24) is 15.1 Å². The van der Waals surface area contributed by atoms with Gasteiger partial charge in [-0.05, 0) is 30.5 Å². The third kappa shape index (κ3) is 2.98. The fourth-order valence-corrected chi connectivity index (χ4v) is 2.16. The second-order valence-electron chi connectivity index (χ2n) is 4.92. The van der Waals surface area contributed by atoms with Gasteiger partial charge in [0.2, 0.25) is 11.7 Å². The molecule has 0 unspecified atom stereocenters. The van der Waals surface area contributed by atoms with Gasteiger partial charge in [-0.15, -0.1) is 0 Å². The SMILES string of the molecule is Cc1cccnc1-c1noc([C@H](N)Cc2ccccc2)n1. The molecule has 0 spiro atoms. The Labute approximate surface area is 122 Å². The Hall–Kier alpha value is -2.53. The molecule has 5 heteroatoms. The maximum atomic E-state index is 6.14. The molecule has 0 amide bonds. The summed E-state index contributed by atoms with van der Waals surface area (Å²) in [6, 6.07) is 13.5. The molecule has 0 aliphatic heterocycles. The van der Waals surface area contributed by atoms with Crippen molar-refractivity contribution in [1.29, 1.82) is 0 Å². The molecule has 0 radical (unpaired) electrons. The quantitative estimate of drug-likeness (QED) is 0.795. The molecule has 1 atom stereocenters. The zero-order valence-corrected chi connectivity index (χ0v) is 11.7. The Kier molecular flexibility index (Phi) is 3.75. The Balaban J connectivity index is 1.80. The second kappa shape index (κ2) is 5.85. The van der Waals surface area contributed by atoms with E-state index in [4.69, 9.17) is 10.3 Å². The van der Waals surface area contributed by atoms with Crippen LogP contribution in [0.3, 0.4) is 0 Å². The number of rotatable bonds is 4. The van der Waals surface area contributed by atoms with E-state index in [0.29, 0.717) is 18.1 Å². The van der Waals surface area contributed by atoms with Crippen molar-refractivity contribution in [3.05, 3.63) is 65.7 Å². The molecular weight excluding hydrogens is 264 g/mol. The fraction of sp³-hybridized carbons (Fsp3) is 0.188. The van der Waals surface area contributed by atoms with Crippen LogP contribution in [0.4, 0.5) is 0 Å². The average Bonchev–Trinajstić information content (AvgIpc) is 2.98. The summed E-state index contributed by atoms with van der Waals surface area (Å²) in [5.41, 5.74) is 9.00. The molecule has 3 rings (SSSR count). The number of nitrogens with two attached hydrogens (primary N) is 1. The van der Waals surface area contributed by atoms with Crippen LogP contribution in [0.2, 0.25) is 0 Å². The molecule has 1 aromatic carbocycles. The van der Waals surface area contributed by atoms with Crippen LogP contribution in [-0.2, 0) is 6.42 Å². The predicted octanol–water partition coefficient (Wildman–Crippen LogP) is 2.68. The zero-order valence-electron chi connectivity index (χ0n) is 11.7. The molecule has 0 aliphatic carbocycles. The Morgan fingerprint density at radius 3 is 2.71 bits per heavy atom. The van der Waals surface area contributed by atoms with E-state index in [-0.39, 0.29) is 6.04 Å². The molecule has 0 aliphatic rings.